The van der Waals surface area contributed by atoms with Crippen LogP contribution in [0.25, 0.3) is 64.5 Å². The number of thiophene rings is 1. The second kappa shape index (κ2) is 9.86. The highest BCUT2D eigenvalue weighted by atomic mass is 32.1. The highest BCUT2D eigenvalue weighted by Gasteiger charge is 2.31. The fraction of sp³-hybridized carbons (Fsp3) is 0.0833. The molecule has 7 rings (SSSR count). The Morgan fingerprint density at radius 3 is 2.05 bits per heavy atom. The third-order valence-electron chi connectivity index (χ3n) is 7.67. The molecule has 41 heavy (non-hydrogen) atoms. The lowest BCUT2D eigenvalue weighted by Crippen LogP contribution is -2.06. The van der Waals surface area contributed by atoms with Gasteiger partial charge in [-0.25, -0.2) is 0 Å². The summed E-state index contributed by atoms with van der Waals surface area (Å²) in [5.41, 5.74) is 5.36. The maximum Gasteiger partial charge on any atom is 0.416 e. The smallest absolute Gasteiger partial charge is 0.256 e. The number of hydrogen-bond donors (Lipinski definition) is 0. The normalized spacial score (nSPS) is 12.0. The van der Waals surface area contributed by atoms with E-state index in [0.29, 0.717) is 17.5 Å². The molecular weight excluding hydrogens is 535 g/mol. The van der Waals surface area contributed by atoms with Crippen molar-refractivity contribution in [2.24, 2.45) is 0 Å². The van der Waals surface area contributed by atoms with Crippen LogP contribution in [0.15, 0.2) is 115 Å². The van der Waals surface area contributed by atoms with Crippen LogP contribution >= 0.6 is 11.3 Å². The van der Waals surface area contributed by atoms with Gasteiger partial charge in [-0.1, -0.05) is 67.6 Å². The molecule has 2 aromatic heterocycles. The molecule has 5 heteroatoms. The quantitative estimate of drug-likeness (QED) is 0.209. The van der Waals surface area contributed by atoms with E-state index in [1.807, 2.05) is 49.5 Å². The molecule has 0 aliphatic heterocycles. The minimum Gasteiger partial charge on any atom is -0.256 e. The molecule has 5 aromatic carbocycles. The van der Waals surface area contributed by atoms with Crippen molar-refractivity contribution in [1.29, 1.82) is 0 Å². The molecule has 0 atom stereocenters. The van der Waals surface area contributed by atoms with Crippen LogP contribution in [0.4, 0.5) is 13.2 Å². The minimum atomic E-state index is -4.38. The zero-order valence-electron chi connectivity index (χ0n) is 22.2. The summed E-state index contributed by atoms with van der Waals surface area (Å²) in [4.78, 5) is 4.79. The van der Waals surface area contributed by atoms with Crippen molar-refractivity contribution in [1.82, 2.24) is 4.98 Å². The number of nitrogens with zero attached hydrogens (tertiary/aromatic N) is 1. The summed E-state index contributed by atoms with van der Waals surface area (Å²) < 4.78 is 43.2. The first kappa shape index (κ1) is 25.5. The average molecular weight is 560 g/mol. The van der Waals surface area contributed by atoms with Crippen molar-refractivity contribution in [3.8, 4) is 33.5 Å². The van der Waals surface area contributed by atoms with Crippen LogP contribution in [0.3, 0.4) is 0 Å². The molecule has 0 amide bonds. The predicted octanol–water partition coefficient (Wildman–Crippen LogP) is 11.2. The van der Waals surface area contributed by atoms with Gasteiger partial charge in [0.15, 0.2) is 0 Å². The van der Waals surface area contributed by atoms with E-state index in [-0.39, 0.29) is 0 Å². The molecule has 0 unspecified atom stereocenters. The number of halogens is 3. The number of hydrogen-bond acceptors (Lipinski definition) is 2. The van der Waals surface area contributed by atoms with Crippen molar-refractivity contribution in [2.45, 2.75) is 19.5 Å². The molecule has 0 bridgehead atoms. The van der Waals surface area contributed by atoms with Crippen LogP contribution in [0.1, 0.15) is 18.1 Å². The van der Waals surface area contributed by atoms with Gasteiger partial charge in [-0.05, 0) is 88.0 Å². The Hall–Kier alpha value is -4.48. The fourth-order valence-electron chi connectivity index (χ4n) is 5.45. The number of rotatable bonds is 4. The van der Waals surface area contributed by atoms with Gasteiger partial charge in [0.25, 0.3) is 0 Å². The van der Waals surface area contributed by atoms with Crippen molar-refractivity contribution in [3.63, 3.8) is 0 Å². The van der Waals surface area contributed by atoms with Gasteiger partial charge in [0.05, 0.1) is 11.3 Å². The fourth-order valence-corrected chi connectivity index (χ4v) is 6.54. The molecule has 0 saturated carbocycles. The van der Waals surface area contributed by atoms with Gasteiger partial charge in [-0.3, -0.25) is 4.98 Å². The van der Waals surface area contributed by atoms with Crippen LogP contribution in [-0.2, 0) is 12.6 Å². The second-order valence-corrected chi connectivity index (χ2v) is 11.4. The standard InChI is InChI=1S/C36H24F3NS/c1-2-22-15-28(19-30(16-22)36(37,38)39)25-10-8-23-7-9-24(17-29(23)18-25)27-11-13-33(40-21-27)26-12-14-35-32(20-26)31-5-3-4-6-34(31)41-35/h3-21H,2H2,1H3. The topological polar surface area (TPSA) is 12.9 Å². The van der Waals surface area contributed by atoms with E-state index in [0.717, 1.165) is 38.7 Å². The zero-order chi connectivity index (χ0) is 28.1. The van der Waals surface area contributed by atoms with Gasteiger partial charge in [0.2, 0.25) is 0 Å². The van der Waals surface area contributed by atoms with Crippen LogP contribution in [-0.4, -0.2) is 4.98 Å². The molecule has 200 valence electrons. The maximum absolute atomic E-state index is 13.5. The first-order chi connectivity index (χ1) is 19.9. The highest BCUT2D eigenvalue weighted by molar-refractivity contribution is 7.25. The first-order valence-electron chi connectivity index (χ1n) is 13.5. The Labute approximate surface area is 239 Å². The number of fused-ring (bicyclic) bond motifs is 4. The molecule has 7 aromatic rings. The average Bonchev–Trinajstić information content (AvgIpc) is 3.38. The van der Waals surface area contributed by atoms with Crippen molar-refractivity contribution < 1.29 is 13.2 Å². The molecule has 0 saturated heterocycles. The Kier molecular flexibility index (Phi) is 6.13. The van der Waals surface area contributed by atoms with Crippen LogP contribution in [0.5, 0.6) is 0 Å². The molecule has 0 aliphatic carbocycles. The Bertz CT molecular complexity index is 2070. The Morgan fingerprint density at radius 2 is 1.32 bits per heavy atom. The lowest BCUT2D eigenvalue weighted by atomic mass is 9.95. The number of aromatic nitrogens is 1. The molecular formula is C36H24F3NS. The van der Waals surface area contributed by atoms with E-state index >= 15 is 0 Å². The van der Waals surface area contributed by atoms with Crippen LogP contribution in [0, 0.1) is 0 Å². The molecule has 0 spiro atoms. The number of aryl methyl sites for hydroxylation is 1. The summed E-state index contributed by atoms with van der Waals surface area (Å²) in [5, 5.41) is 4.50. The molecule has 0 aliphatic rings. The lowest BCUT2D eigenvalue weighted by molar-refractivity contribution is -0.137. The van der Waals surface area contributed by atoms with Gasteiger partial charge < -0.3 is 0 Å². The van der Waals surface area contributed by atoms with E-state index < -0.39 is 11.7 Å². The minimum absolute atomic E-state index is 0.537. The summed E-state index contributed by atoms with van der Waals surface area (Å²) in [7, 11) is 0. The molecule has 2 heterocycles. The van der Waals surface area contributed by atoms with E-state index in [4.69, 9.17) is 4.98 Å². The predicted molar refractivity (Wildman–Crippen MR) is 165 cm³/mol. The SMILES string of the molecule is CCc1cc(-c2ccc3ccc(-c4ccc(-c5ccc6sc7ccccc7c6c5)nc4)cc3c2)cc(C(F)(F)F)c1. The monoisotopic (exact) mass is 559 g/mol. The van der Waals surface area contributed by atoms with Crippen molar-refractivity contribution >= 4 is 42.3 Å². The summed E-state index contributed by atoms with van der Waals surface area (Å²) >= 11 is 1.80. The summed E-state index contributed by atoms with van der Waals surface area (Å²) in [5.74, 6) is 0. The van der Waals surface area contributed by atoms with E-state index in [2.05, 4.69) is 60.7 Å². The lowest BCUT2D eigenvalue weighted by Gasteiger charge is -2.13. The molecule has 0 fully saturated rings. The second-order valence-electron chi connectivity index (χ2n) is 10.3. The third-order valence-corrected chi connectivity index (χ3v) is 8.82. The number of pyridine rings is 1. The van der Waals surface area contributed by atoms with Crippen LogP contribution < -0.4 is 0 Å². The van der Waals surface area contributed by atoms with E-state index in [1.165, 1.54) is 32.3 Å². The van der Waals surface area contributed by atoms with Gasteiger partial charge in [-0.15, -0.1) is 11.3 Å². The summed E-state index contributed by atoms with van der Waals surface area (Å²) in [6, 6.07) is 35.4. The van der Waals surface area contributed by atoms with Gasteiger partial charge in [0.1, 0.15) is 0 Å². The molecule has 0 radical (unpaired) electrons. The van der Waals surface area contributed by atoms with E-state index in [1.54, 1.807) is 11.3 Å². The Balaban J connectivity index is 1.23. The summed E-state index contributed by atoms with van der Waals surface area (Å²) in [6.07, 6.45) is -1.96. The largest absolute Gasteiger partial charge is 0.416 e. The highest BCUT2D eigenvalue weighted by Crippen LogP contribution is 2.37. The number of benzene rings is 5. The maximum atomic E-state index is 13.5. The number of alkyl halides is 3. The third kappa shape index (κ3) is 4.76. The first-order valence-corrected chi connectivity index (χ1v) is 14.3. The van der Waals surface area contributed by atoms with Gasteiger partial charge >= 0.3 is 6.18 Å². The molecule has 0 N–H and O–H groups in total. The van der Waals surface area contributed by atoms with Gasteiger partial charge in [-0.2, -0.15) is 13.2 Å². The molecule has 1 nitrogen and oxygen atoms in total. The van der Waals surface area contributed by atoms with Crippen LogP contribution in [0.2, 0.25) is 0 Å². The summed E-state index contributed by atoms with van der Waals surface area (Å²) in [6.45, 7) is 1.87. The van der Waals surface area contributed by atoms with E-state index in [9.17, 15) is 13.2 Å². The van der Waals surface area contributed by atoms with Crippen molar-refractivity contribution in [2.75, 3.05) is 0 Å². The Morgan fingerprint density at radius 1 is 0.610 bits per heavy atom. The van der Waals surface area contributed by atoms with Gasteiger partial charge in [0, 0.05) is 37.5 Å². The zero-order valence-corrected chi connectivity index (χ0v) is 23.0. The van der Waals surface area contributed by atoms with Crippen molar-refractivity contribution in [3.05, 3.63) is 127 Å².